The fraction of sp³-hybridized carbons (Fsp3) is 0.500. The highest BCUT2D eigenvalue weighted by Gasteiger charge is 2.37. The van der Waals surface area contributed by atoms with E-state index in [0.29, 0.717) is 25.3 Å². The van der Waals surface area contributed by atoms with Crippen molar-refractivity contribution in [1.82, 2.24) is 4.90 Å². The average Bonchev–Trinajstić information content (AvgIpc) is 2.87. The SMILES string of the molecule is CCN(Cc1ccccc1F)C1COCC1C(=O)O. The van der Waals surface area contributed by atoms with Gasteiger partial charge in [0.05, 0.1) is 19.1 Å². The molecule has 1 aliphatic rings. The molecule has 104 valence electrons. The summed E-state index contributed by atoms with van der Waals surface area (Å²) in [6.07, 6.45) is 0. The van der Waals surface area contributed by atoms with Crippen LogP contribution in [-0.4, -0.2) is 41.8 Å². The lowest BCUT2D eigenvalue weighted by molar-refractivity contribution is -0.143. The topological polar surface area (TPSA) is 49.8 Å². The fourth-order valence-electron chi connectivity index (χ4n) is 2.45. The first-order valence-corrected chi connectivity index (χ1v) is 6.41. The Balaban J connectivity index is 2.12. The second kappa shape index (κ2) is 6.12. The molecule has 0 aromatic heterocycles. The zero-order chi connectivity index (χ0) is 13.8. The van der Waals surface area contributed by atoms with E-state index in [2.05, 4.69) is 0 Å². The van der Waals surface area contributed by atoms with Gasteiger partial charge in [0.1, 0.15) is 5.82 Å². The monoisotopic (exact) mass is 267 g/mol. The molecule has 1 aromatic carbocycles. The number of hydrogen-bond donors (Lipinski definition) is 1. The molecule has 5 heteroatoms. The van der Waals surface area contributed by atoms with E-state index < -0.39 is 11.9 Å². The van der Waals surface area contributed by atoms with Gasteiger partial charge in [-0.3, -0.25) is 9.69 Å². The van der Waals surface area contributed by atoms with E-state index in [1.54, 1.807) is 18.2 Å². The van der Waals surface area contributed by atoms with Gasteiger partial charge in [-0.2, -0.15) is 0 Å². The van der Waals surface area contributed by atoms with Crippen LogP contribution in [0.5, 0.6) is 0 Å². The summed E-state index contributed by atoms with van der Waals surface area (Å²) in [6.45, 7) is 3.62. The molecule has 0 bridgehead atoms. The molecule has 1 fully saturated rings. The van der Waals surface area contributed by atoms with Crippen molar-refractivity contribution in [2.24, 2.45) is 5.92 Å². The highest BCUT2D eigenvalue weighted by atomic mass is 19.1. The first kappa shape index (κ1) is 14.0. The van der Waals surface area contributed by atoms with Gasteiger partial charge in [-0.1, -0.05) is 25.1 Å². The number of halogens is 1. The highest BCUT2D eigenvalue weighted by molar-refractivity contribution is 5.71. The molecule has 0 amide bonds. The zero-order valence-electron chi connectivity index (χ0n) is 10.9. The van der Waals surface area contributed by atoms with Crippen molar-refractivity contribution in [2.75, 3.05) is 19.8 Å². The number of carbonyl (C=O) groups is 1. The van der Waals surface area contributed by atoms with E-state index in [0.717, 1.165) is 0 Å². The van der Waals surface area contributed by atoms with E-state index >= 15 is 0 Å². The van der Waals surface area contributed by atoms with Crippen LogP contribution >= 0.6 is 0 Å². The van der Waals surface area contributed by atoms with Gasteiger partial charge in [0.25, 0.3) is 0 Å². The van der Waals surface area contributed by atoms with E-state index in [-0.39, 0.29) is 18.5 Å². The summed E-state index contributed by atoms with van der Waals surface area (Å²) < 4.78 is 18.9. The van der Waals surface area contributed by atoms with Crippen LogP contribution in [0, 0.1) is 11.7 Å². The summed E-state index contributed by atoms with van der Waals surface area (Å²) in [5.74, 6) is -1.65. The predicted molar refractivity (Wildman–Crippen MR) is 68.2 cm³/mol. The molecule has 0 aliphatic carbocycles. The number of rotatable bonds is 5. The van der Waals surface area contributed by atoms with Crippen LogP contribution < -0.4 is 0 Å². The van der Waals surface area contributed by atoms with Crippen molar-refractivity contribution in [1.29, 1.82) is 0 Å². The van der Waals surface area contributed by atoms with E-state index in [1.807, 2.05) is 11.8 Å². The maximum atomic E-state index is 13.7. The van der Waals surface area contributed by atoms with Gasteiger partial charge in [-0.05, 0) is 12.6 Å². The smallest absolute Gasteiger partial charge is 0.310 e. The molecule has 1 aromatic rings. The summed E-state index contributed by atoms with van der Waals surface area (Å²) in [5, 5.41) is 9.17. The third-order valence-corrected chi connectivity index (χ3v) is 3.57. The first-order valence-electron chi connectivity index (χ1n) is 6.41. The van der Waals surface area contributed by atoms with Gasteiger partial charge in [0, 0.05) is 18.2 Å². The molecule has 1 heterocycles. The number of carboxylic acid groups (broad SMARTS) is 1. The number of aliphatic carboxylic acids is 1. The van der Waals surface area contributed by atoms with Gasteiger partial charge < -0.3 is 9.84 Å². The van der Waals surface area contributed by atoms with Crippen LogP contribution in [-0.2, 0) is 16.1 Å². The maximum absolute atomic E-state index is 13.7. The van der Waals surface area contributed by atoms with Crippen molar-refractivity contribution in [3.63, 3.8) is 0 Å². The van der Waals surface area contributed by atoms with Gasteiger partial charge in [-0.25, -0.2) is 4.39 Å². The Morgan fingerprint density at radius 2 is 2.21 bits per heavy atom. The molecule has 2 unspecified atom stereocenters. The van der Waals surface area contributed by atoms with Crippen LogP contribution in [0.3, 0.4) is 0 Å². The number of hydrogen-bond acceptors (Lipinski definition) is 3. The second-order valence-corrected chi connectivity index (χ2v) is 4.70. The largest absolute Gasteiger partial charge is 0.481 e. The summed E-state index contributed by atoms with van der Waals surface area (Å²) in [6, 6.07) is 6.38. The van der Waals surface area contributed by atoms with Crippen LogP contribution in [0.15, 0.2) is 24.3 Å². The van der Waals surface area contributed by atoms with Crippen LogP contribution in [0.4, 0.5) is 4.39 Å². The van der Waals surface area contributed by atoms with Crippen molar-refractivity contribution in [3.05, 3.63) is 35.6 Å². The molecule has 0 saturated carbocycles. The van der Waals surface area contributed by atoms with Gasteiger partial charge in [0.2, 0.25) is 0 Å². The van der Waals surface area contributed by atoms with Crippen molar-refractivity contribution in [3.8, 4) is 0 Å². The Morgan fingerprint density at radius 1 is 1.47 bits per heavy atom. The van der Waals surface area contributed by atoms with Crippen LogP contribution in [0.2, 0.25) is 0 Å². The standard InChI is InChI=1S/C14H18FNO3/c1-2-16(7-10-5-3-4-6-12(10)15)13-9-19-8-11(13)14(17)18/h3-6,11,13H,2,7-9H2,1H3,(H,17,18). The third kappa shape index (κ3) is 3.11. The summed E-state index contributed by atoms with van der Waals surface area (Å²) in [7, 11) is 0. The molecule has 19 heavy (non-hydrogen) atoms. The van der Waals surface area contributed by atoms with E-state index in [1.165, 1.54) is 6.07 Å². The van der Waals surface area contributed by atoms with Crippen LogP contribution in [0.25, 0.3) is 0 Å². The lowest BCUT2D eigenvalue weighted by Crippen LogP contribution is -2.42. The lowest BCUT2D eigenvalue weighted by Gasteiger charge is -2.29. The quantitative estimate of drug-likeness (QED) is 0.883. The molecule has 1 saturated heterocycles. The minimum Gasteiger partial charge on any atom is -0.481 e. The minimum atomic E-state index is -0.852. The molecule has 1 aliphatic heterocycles. The second-order valence-electron chi connectivity index (χ2n) is 4.70. The van der Waals surface area contributed by atoms with Crippen molar-refractivity contribution >= 4 is 5.97 Å². The molecular weight excluding hydrogens is 249 g/mol. The number of benzene rings is 1. The number of nitrogens with zero attached hydrogens (tertiary/aromatic N) is 1. The third-order valence-electron chi connectivity index (χ3n) is 3.57. The Labute approximate surface area is 111 Å². The van der Waals surface area contributed by atoms with Gasteiger partial charge in [0.15, 0.2) is 0 Å². The Hall–Kier alpha value is -1.46. The van der Waals surface area contributed by atoms with E-state index in [4.69, 9.17) is 9.84 Å². The lowest BCUT2D eigenvalue weighted by atomic mass is 10.0. The minimum absolute atomic E-state index is 0.192. The average molecular weight is 267 g/mol. The highest BCUT2D eigenvalue weighted by Crippen LogP contribution is 2.22. The number of carboxylic acids is 1. The summed E-state index contributed by atoms with van der Waals surface area (Å²) in [5.41, 5.74) is 0.584. The van der Waals surface area contributed by atoms with Crippen LogP contribution in [0.1, 0.15) is 12.5 Å². The van der Waals surface area contributed by atoms with Gasteiger partial charge in [-0.15, -0.1) is 0 Å². The Bertz CT molecular complexity index is 452. The zero-order valence-corrected chi connectivity index (χ0v) is 10.9. The molecular formula is C14H18FNO3. The molecule has 1 N–H and O–H groups in total. The summed E-state index contributed by atoms with van der Waals surface area (Å²) in [4.78, 5) is 13.1. The van der Waals surface area contributed by atoms with Crippen molar-refractivity contribution < 1.29 is 19.0 Å². The first-order chi connectivity index (χ1) is 9.13. The maximum Gasteiger partial charge on any atom is 0.310 e. The van der Waals surface area contributed by atoms with Gasteiger partial charge >= 0.3 is 5.97 Å². The number of ether oxygens (including phenoxy) is 1. The van der Waals surface area contributed by atoms with E-state index in [9.17, 15) is 9.18 Å². The Morgan fingerprint density at radius 3 is 2.84 bits per heavy atom. The molecule has 2 atom stereocenters. The molecule has 4 nitrogen and oxygen atoms in total. The number of likely N-dealkylation sites (N-methyl/N-ethyl adjacent to an activating group) is 1. The Kier molecular flexibility index (Phi) is 4.50. The molecule has 2 rings (SSSR count). The molecule has 0 spiro atoms. The van der Waals surface area contributed by atoms with Crippen molar-refractivity contribution in [2.45, 2.75) is 19.5 Å². The predicted octanol–water partition coefficient (Wildman–Crippen LogP) is 1.75. The normalized spacial score (nSPS) is 22.9. The summed E-state index contributed by atoms with van der Waals surface area (Å²) >= 11 is 0. The fourth-order valence-corrected chi connectivity index (χ4v) is 2.45. The molecule has 0 radical (unpaired) electrons.